The van der Waals surface area contributed by atoms with E-state index in [-0.39, 0.29) is 21.8 Å². The van der Waals surface area contributed by atoms with Gasteiger partial charge in [-0.3, -0.25) is 10.1 Å². The number of rotatable bonds is 8. The molecule has 0 spiro atoms. The van der Waals surface area contributed by atoms with Gasteiger partial charge in [-0.2, -0.15) is 0 Å². The van der Waals surface area contributed by atoms with E-state index in [9.17, 15) is 10.1 Å². The molecule has 28 heavy (non-hydrogen) atoms. The van der Waals surface area contributed by atoms with Crippen LogP contribution in [0.4, 0.5) is 5.69 Å². The highest BCUT2D eigenvalue weighted by atomic mass is 79.9. The SMILES string of the molecule is CC(C)(C)[Si](C)(C)O[C@@H](CBr)c1cccc(SCc2cccc([N+](=O)[O-])c2)c1. The molecule has 0 unspecified atom stereocenters. The minimum atomic E-state index is -1.88. The van der Waals surface area contributed by atoms with Gasteiger partial charge in [-0.25, -0.2) is 0 Å². The summed E-state index contributed by atoms with van der Waals surface area (Å²) in [6.45, 7) is 11.3. The Bertz CT molecular complexity index is 823. The molecule has 0 heterocycles. The van der Waals surface area contributed by atoms with E-state index in [4.69, 9.17) is 4.43 Å². The van der Waals surface area contributed by atoms with Crippen molar-refractivity contribution in [3.05, 3.63) is 69.8 Å². The van der Waals surface area contributed by atoms with Gasteiger partial charge in [0, 0.05) is 28.1 Å². The summed E-state index contributed by atoms with van der Waals surface area (Å²) in [6.07, 6.45) is 0.0132. The van der Waals surface area contributed by atoms with Crippen LogP contribution in [0.3, 0.4) is 0 Å². The fourth-order valence-corrected chi connectivity index (χ4v) is 5.39. The van der Waals surface area contributed by atoms with Crippen molar-refractivity contribution in [3.8, 4) is 0 Å². The maximum atomic E-state index is 10.9. The predicted octanol–water partition coefficient (Wildman–Crippen LogP) is 7.34. The van der Waals surface area contributed by atoms with Gasteiger partial charge in [0.05, 0.1) is 11.0 Å². The molecule has 2 aromatic carbocycles. The van der Waals surface area contributed by atoms with Gasteiger partial charge in [0.2, 0.25) is 0 Å². The van der Waals surface area contributed by atoms with Crippen LogP contribution in [-0.4, -0.2) is 18.6 Å². The lowest BCUT2D eigenvalue weighted by atomic mass is 10.1. The molecule has 0 bridgehead atoms. The average Bonchev–Trinajstić information content (AvgIpc) is 2.64. The first kappa shape index (κ1) is 23.1. The highest BCUT2D eigenvalue weighted by Gasteiger charge is 2.39. The van der Waals surface area contributed by atoms with Crippen LogP contribution in [0.15, 0.2) is 53.4 Å². The number of thioether (sulfide) groups is 1. The largest absolute Gasteiger partial charge is 0.409 e. The molecule has 0 saturated carbocycles. The van der Waals surface area contributed by atoms with Crippen LogP contribution in [0, 0.1) is 10.1 Å². The van der Waals surface area contributed by atoms with Gasteiger partial charge in [-0.15, -0.1) is 11.8 Å². The Kier molecular flexibility index (Phi) is 7.90. The zero-order valence-electron chi connectivity index (χ0n) is 17.1. The number of non-ortho nitro benzene ring substituents is 1. The minimum Gasteiger partial charge on any atom is -0.409 e. The summed E-state index contributed by atoms with van der Waals surface area (Å²) in [6, 6.07) is 15.2. The maximum absolute atomic E-state index is 10.9. The Morgan fingerprint density at radius 2 is 1.86 bits per heavy atom. The molecular weight excluding hydrogens is 454 g/mol. The lowest BCUT2D eigenvalue weighted by molar-refractivity contribution is -0.384. The molecule has 0 aliphatic carbocycles. The standard InChI is InChI=1S/C21H28BrNO3SSi/c1-21(2,3)28(4,5)26-20(14-22)17-9-7-11-19(13-17)27-15-16-8-6-10-18(12-16)23(24)25/h6-13,20H,14-15H2,1-5H3/t20-/m0/s1. The minimum absolute atomic E-state index is 0.0132. The maximum Gasteiger partial charge on any atom is 0.269 e. The molecule has 0 aliphatic rings. The zero-order valence-corrected chi connectivity index (χ0v) is 20.5. The number of alkyl halides is 1. The van der Waals surface area contributed by atoms with Gasteiger partial charge >= 0.3 is 0 Å². The molecule has 1 atom stereocenters. The predicted molar refractivity (Wildman–Crippen MR) is 124 cm³/mol. The molecule has 0 saturated heterocycles. The van der Waals surface area contributed by atoms with E-state index in [2.05, 4.69) is 74.1 Å². The fourth-order valence-electron chi connectivity index (χ4n) is 2.45. The number of hydrogen-bond acceptors (Lipinski definition) is 4. The quantitative estimate of drug-likeness (QED) is 0.130. The summed E-state index contributed by atoms with van der Waals surface area (Å²) >= 11 is 5.30. The van der Waals surface area contributed by atoms with E-state index < -0.39 is 8.32 Å². The third-order valence-corrected chi connectivity index (χ3v) is 11.3. The highest BCUT2D eigenvalue weighted by Crippen LogP contribution is 2.40. The number of nitro groups is 1. The first-order chi connectivity index (χ1) is 13.0. The summed E-state index contributed by atoms with van der Waals surface area (Å²) in [5.41, 5.74) is 2.24. The number of hydrogen-bond donors (Lipinski definition) is 0. The third kappa shape index (κ3) is 6.17. The van der Waals surface area contributed by atoms with E-state index in [0.29, 0.717) is 5.75 Å². The monoisotopic (exact) mass is 481 g/mol. The van der Waals surface area contributed by atoms with Crippen molar-refractivity contribution >= 4 is 41.7 Å². The van der Waals surface area contributed by atoms with Crippen molar-refractivity contribution in [1.82, 2.24) is 0 Å². The van der Waals surface area contributed by atoms with Crippen molar-refractivity contribution in [2.45, 2.75) is 55.7 Å². The van der Waals surface area contributed by atoms with Crippen molar-refractivity contribution in [2.75, 3.05) is 5.33 Å². The van der Waals surface area contributed by atoms with E-state index in [1.54, 1.807) is 23.9 Å². The smallest absolute Gasteiger partial charge is 0.269 e. The van der Waals surface area contributed by atoms with Crippen LogP contribution in [0.25, 0.3) is 0 Å². The highest BCUT2D eigenvalue weighted by molar-refractivity contribution is 9.09. The normalized spacial score (nSPS) is 13.4. The molecule has 0 fully saturated rings. The zero-order chi connectivity index (χ0) is 20.9. The van der Waals surface area contributed by atoms with Crippen molar-refractivity contribution in [2.24, 2.45) is 0 Å². The molecule has 2 aromatic rings. The van der Waals surface area contributed by atoms with Gasteiger partial charge in [-0.05, 0) is 41.4 Å². The summed E-state index contributed by atoms with van der Waals surface area (Å²) in [5.74, 6) is 0.688. The number of benzene rings is 2. The van der Waals surface area contributed by atoms with Gasteiger partial charge in [-0.1, -0.05) is 61.0 Å². The van der Waals surface area contributed by atoms with Gasteiger partial charge in [0.25, 0.3) is 5.69 Å². The third-order valence-electron chi connectivity index (χ3n) is 5.14. The van der Waals surface area contributed by atoms with E-state index >= 15 is 0 Å². The topological polar surface area (TPSA) is 52.4 Å². The summed E-state index contributed by atoms with van der Waals surface area (Å²) in [4.78, 5) is 11.7. The van der Waals surface area contributed by atoms with Gasteiger partial charge in [0.15, 0.2) is 8.32 Å². The van der Waals surface area contributed by atoms with Gasteiger partial charge < -0.3 is 4.43 Å². The Balaban J connectivity index is 2.12. The molecule has 7 heteroatoms. The second-order valence-electron chi connectivity index (χ2n) is 8.31. The molecule has 0 radical (unpaired) electrons. The van der Waals surface area contributed by atoms with Crippen LogP contribution in [0.2, 0.25) is 18.1 Å². The van der Waals surface area contributed by atoms with E-state index in [1.807, 2.05) is 6.07 Å². The first-order valence-corrected chi connectivity index (χ1v) is 14.2. The Labute approximate surface area is 181 Å². The van der Waals surface area contributed by atoms with Crippen LogP contribution >= 0.6 is 27.7 Å². The average molecular weight is 483 g/mol. The molecule has 0 amide bonds. The Hall–Kier alpha value is -1.15. The van der Waals surface area contributed by atoms with Crippen molar-refractivity contribution < 1.29 is 9.35 Å². The molecule has 2 rings (SSSR count). The van der Waals surface area contributed by atoms with Crippen LogP contribution < -0.4 is 0 Å². The summed E-state index contributed by atoms with van der Waals surface area (Å²) in [7, 11) is -1.88. The lowest BCUT2D eigenvalue weighted by Gasteiger charge is -2.39. The van der Waals surface area contributed by atoms with E-state index in [0.717, 1.165) is 21.4 Å². The Morgan fingerprint density at radius 3 is 2.46 bits per heavy atom. The van der Waals surface area contributed by atoms with Crippen LogP contribution in [-0.2, 0) is 10.2 Å². The lowest BCUT2D eigenvalue weighted by Crippen LogP contribution is -2.42. The first-order valence-electron chi connectivity index (χ1n) is 9.23. The molecule has 0 aliphatic heterocycles. The van der Waals surface area contributed by atoms with Crippen LogP contribution in [0.1, 0.15) is 38.0 Å². The second kappa shape index (κ2) is 9.56. The molecule has 0 N–H and O–H groups in total. The fraction of sp³-hybridized carbons (Fsp3) is 0.429. The van der Waals surface area contributed by atoms with Crippen molar-refractivity contribution in [1.29, 1.82) is 0 Å². The number of nitro benzene ring substituents is 1. The molecule has 0 aromatic heterocycles. The number of halogens is 1. The van der Waals surface area contributed by atoms with Gasteiger partial charge in [0.1, 0.15) is 0 Å². The molecule has 152 valence electrons. The summed E-state index contributed by atoms with van der Waals surface area (Å²) in [5, 5.41) is 11.9. The Morgan fingerprint density at radius 1 is 1.18 bits per heavy atom. The van der Waals surface area contributed by atoms with Crippen LogP contribution in [0.5, 0.6) is 0 Å². The number of nitrogens with zero attached hydrogens (tertiary/aromatic N) is 1. The molecular formula is C21H28BrNO3SSi. The second-order valence-corrected chi connectivity index (χ2v) is 14.8. The van der Waals surface area contributed by atoms with E-state index in [1.165, 1.54) is 6.07 Å². The van der Waals surface area contributed by atoms with Crippen molar-refractivity contribution in [3.63, 3.8) is 0 Å². The molecule has 4 nitrogen and oxygen atoms in total. The summed E-state index contributed by atoms with van der Waals surface area (Å²) < 4.78 is 6.61.